The Morgan fingerprint density at radius 3 is 2.42 bits per heavy atom. The first-order valence-electron chi connectivity index (χ1n) is 7.62. The molecule has 0 radical (unpaired) electrons. The van der Waals surface area contributed by atoms with E-state index in [0.717, 1.165) is 5.56 Å². The zero-order valence-electron chi connectivity index (χ0n) is 13.6. The van der Waals surface area contributed by atoms with E-state index in [9.17, 15) is 13.6 Å². The summed E-state index contributed by atoms with van der Waals surface area (Å²) in [6.45, 7) is 4.17. The molecule has 3 nitrogen and oxygen atoms in total. The maximum absolute atomic E-state index is 13.7. The number of rotatable bonds is 6. The molecule has 0 atom stereocenters. The van der Waals surface area contributed by atoms with Crippen LogP contribution >= 0.6 is 11.6 Å². The van der Waals surface area contributed by atoms with Crippen molar-refractivity contribution in [2.45, 2.75) is 20.4 Å². The van der Waals surface area contributed by atoms with Crippen molar-refractivity contribution in [3.05, 3.63) is 64.2 Å². The van der Waals surface area contributed by atoms with Gasteiger partial charge < -0.3 is 5.32 Å². The second-order valence-corrected chi connectivity index (χ2v) is 5.87. The van der Waals surface area contributed by atoms with Crippen molar-refractivity contribution in [1.29, 1.82) is 0 Å². The fraction of sp³-hybridized carbons (Fsp3) is 0.278. The highest BCUT2D eigenvalue weighted by Gasteiger charge is 2.16. The third-order valence-corrected chi connectivity index (χ3v) is 4.21. The monoisotopic (exact) mass is 352 g/mol. The molecule has 0 saturated carbocycles. The number of nitrogens with zero attached hydrogens (tertiary/aromatic N) is 1. The minimum absolute atomic E-state index is 0.0240. The number of nitrogens with one attached hydrogen (secondary N) is 1. The molecule has 2 aromatic carbocycles. The number of likely N-dealkylation sites (N-methyl/N-ethyl adjacent to an activating group) is 1. The van der Waals surface area contributed by atoms with E-state index in [-0.39, 0.29) is 24.6 Å². The highest BCUT2D eigenvalue weighted by molar-refractivity contribution is 6.31. The molecular formula is C18H19ClF2N2O. The first-order valence-corrected chi connectivity index (χ1v) is 8.00. The lowest BCUT2D eigenvalue weighted by molar-refractivity contribution is -0.117. The third kappa shape index (κ3) is 4.52. The molecule has 2 aromatic rings. The van der Waals surface area contributed by atoms with Gasteiger partial charge in [-0.2, -0.15) is 0 Å². The summed E-state index contributed by atoms with van der Waals surface area (Å²) in [6.07, 6.45) is 0. The number of carbonyl (C=O) groups excluding carboxylic acids is 1. The normalized spacial score (nSPS) is 10.9. The number of anilines is 1. The number of benzene rings is 2. The van der Waals surface area contributed by atoms with Crippen LogP contribution < -0.4 is 5.32 Å². The van der Waals surface area contributed by atoms with Gasteiger partial charge in [-0.3, -0.25) is 9.69 Å². The van der Waals surface area contributed by atoms with Crippen molar-refractivity contribution in [2.75, 3.05) is 18.4 Å². The first-order chi connectivity index (χ1) is 11.4. The van der Waals surface area contributed by atoms with E-state index in [1.165, 1.54) is 18.2 Å². The van der Waals surface area contributed by atoms with E-state index < -0.39 is 11.6 Å². The van der Waals surface area contributed by atoms with E-state index >= 15 is 0 Å². The van der Waals surface area contributed by atoms with Crippen molar-refractivity contribution in [3.8, 4) is 0 Å². The summed E-state index contributed by atoms with van der Waals surface area (Å²) in [7, 11) is 0. The van der Waals surface area contributed by atoms with E-state index in [1.807, 2.05) is 13.8 Å². The maximum atomic E-state index is 13.7. The minimum atomic E-state index is -0.612. The topological polar surface area (TPSA) is 32.3 Å². The molecule has 1 N–H and O–H groups in total. The number of hydrogen-bond acceptors (Lipinski definition) is 2. The summed E-state index contributed by atoms with van der Waals surface area (Å²) in [5, 5.41) is 3.34. The second-order valence-electron chi connectivity index (χ2n) is 5.46. The number of hydrogen-bond donors (Lipinski definition) is 1. The van der Waals surface area contributed by atoms with Gasteiger partial charge >= 0.3 is 0 Å². The molecule has 6 heteroatoms. The lowest BCUT2D eigenvalue weighted by atomic mass is 10.1. The average molecular weight is 353 g/mol. The summed E-state index contributed by atoms with van der Waals surface area (Å²) >= 11 is 6.03. The minimum Gasteiger partial charge on any atom is -0.325 e. The van der Waals surface area contributed by atoms with E-state index in [2.05, 4.69) is 5.32 Å². The Morgan fingerprint density at radius 2 is 1.79 bits per heavy atom. The summed E-state index contributed by atoms with van der Waals surface area (Å²) in [6, 6.07) is 8.98. The molecular weight excluding hydrogens is 334 g/mol. The predicted molar refractivity (Wildman–Crippen MR) is 92.1 cm³/mol. The van der Waals surface area contributed by atoms with Crippen LogP contribution in [0.2, 0.25) is 5.02 Å². The standard InChI is InChI=1S/C18H19ClF2N2O/c1-3-23(10-13-15(20)7-5-8-16(13)21)11-18(24)22-17-9-4-6-14(19)12(17)2/h4-9H,3,10-11H2,1-2H3,(H,22,24). The van der Waals surface area contributed by atoms with Gasteiger partial charge in [0.2, 0.25) is 5.91 Å². The molecule has 0 heterocycles. The van der Waals surface area contributed by atoms with Crippen LogP contribution in [0, 0.1) is 18.6 Å². The van der Waals surface area contributed by atoms with Crippen LogP contribution in [0.5, 0.6) is 0 Å². The summed E-state index contributed by atoms with van der Waals surface area (Å²) in [5.41, 5.74) is 1.36. The fourth-order valence-electron chi connectivity index (χ4n) is 2.32. The van der Waals surface area contributed by atoms with Crippen molar-refractivity contribution < 1.29 is 13.6 Å². The lowest BCUT2D eigenvalue weighted by Gasteiger charge is -2.21. The van der Waals surface area contributed by atoms with E-state index in [4.69, 9.17) is 11.6 Å². The fourth-order valence-corrected chi connectivity index (χ4v) is 2.50. The second kappa shape index (κ2) is 8.22. The lowest BCUT2D eigenvalue weighted by Crippen LogP contribution is -2.33. The molecule has 1 amide bonds. The van der Waals surface area contributed by atoms with E-state index in [0.29, 0.717) is 17.3 Å². The Bertz CT molecular complexity index is 717. The molecule has 0 bridgehead atoms. The van der Waals surface area contributed by atoms with Gasteiger partial charge in [0.15, 0.2) is 0 Å². The Balaban J connectivity index is 2.04. The van der Waals surface area contributed by atoms with Crippen molar-refractivity contribution in [1.82, 2.24) is 4.90 Å². The summed E-state index contributed by atoms with van der Waals surface area (Å²) < 4.78 is 27.5. The van der Waals surface area contributed by atoms with Crippen LogP contribution in [0.1, 0.15) is 18.1 Å². The van der Waals surface area contributed by atoms with Crippen LogP contribution in [0.15, 0.2) is 36.4 Å². The molecule has 0 aliphatic carbocycles. The largest absolute Gasteiger partial charge is 0.325 e. The van der Waals surface area contributed by atoms with Crippen LogP contribution in [0.25, 0.3) is 0 Å². The predicted octanol–water partition coefficient (Wildman–Crippen LogP) is 4.39. The molecule has 0 fully saturated rings. The number of halogens is 3. The highest BCUT2D eigenvalue weighted by Crippen LogP contribution is 2.23. The smallest absolute Gasteiger partial charge is 0.238 e. The quantitative estimate of drug-likeness (QED) is 0.836. The third-order valence-electron chi connectivity index (χ3n) is 3.80. The molecule has 24 heavy (non-hydrogen) atoms. The number of carbonyl (C=O) groups is 1. The van der Waals surface area contributed by atoms with Gasteiger partial charge in [0, 0.05) is 22.8 Å². The zero-order valence-corrected chi connectivity index (χ0v) is 14.3. The van der Waals surface area contributed by atoms with Gasteiger partial charge in [-0.1, -0.05) is 30.7 Å². The van der Waals surface area contributed by atoms with Crippen LogP contribution in [-0.2, 0) is 11.3 Å². The van der Waals surface area contributed by atoms with Crippen LogP contribution in [0.3, 0.4) is 0 Å². The van der Waals surface area contributed by atoms with Crippen molar-refractivity contribution in [3.63, 3.8) is 0 Å². The molecule has 0 saturated heterocycles. The van der Waals surface area contributed by atoms with Gasteiger partial charge in [-0.05, 0) is 43.3 Å². The molecule has 0 unspecified atom stereocenters. The molecule has 0 aliphatic heterocycles. The first kappa shape index (κ1) is 18.4. The van der Waals surface area contributed by atoms with Gasteiger partial charge in [0.05, 0.1) is 6.54 Å². The molecule has 0 aliphatic rings. The molecule has 0 spiro atoms. The van der Waals surface area contributed by atoms with Crippen molar-refractivity contribution >= 4 is 23.2 Å². The van der Waals surface area contributed by atoms with Gasteiger partial charge in [0.25, 0.3) is 0 Å². The maximum Gasteiger partial charge on any atom is 0.238 e. The Morgan fingerprint density at radius 1 is 1.17 bits per heavy atom. The zero-order chi connectivity index (χ0) is 17.7. The molecule has 128 valence electrons. The van der Waals surface area contributed by atoms with Gasteiger partial charge in [0.1, 0.15) is 11.6 Å². The highest BCUT2D eigenvalue weighted by atomic mass is 35.5. The van der Waals surface area contributed by atoms with Crippen molar-refractivity contribution in [2.24, 2.45) is 0 Å². The SMILES string of the molecule is CCN(CC(=O)Nc1cccc(Cl)c1C)Cc1c(F)cccc1F. The summed E-state index contributed by atoms with van der Waals surface area (Å²) in [5.74, 6) is -1.49. The van der Waals surface area contributed by atoms with E-state index in [1.54, 1.807) is 23.1 Å². The Kier molecular flexibility index (Phi) is 6.29. The van der Waals surface area contributed by atoms with Gasteiger partial charge in [-0.15, -0.1) is 0 Å². The molecule has 2 rings (SSSR count). The molecule has 0 aromatic heterocycles. The summed E-state index contributed by atoms with van der Waals surface area (Å²) in [4.78, 5) is 13.9. The Hall–Kier alpha value is -1.98. The average Bonchev–Trinajstić information content (AvgIpc) is 2.54. The van der Waals surface area contributed by atoms with Crippen LogP contribution in [-0.4, -0.2) is 23.9 Å². The van der Waals surface area contributed by atoms with Crippen LogP contribution in [0.4, 0.5) is 14.5 Å². The van der Waals surface area contributed by atoms with Gasteiger partial charge in [-0.25, -0.2) is 8.78 Å². The number of amides is 1. The Labute approximate surface area is 145 Å².